The first kappa shape index (κ1) is 16.5. The monoisotopic (exact) mass is 366 g/mol. The first-order valence-electron chi connectivity index (χ1n) is 9.18. The van der Waals surface area contributed by atoms with Gasteiger partial charge in [-0.3, -0.25) is 0 Å². The molecule has 0 saturated carbocycles. The second kappa shape index (κ2) is 6.46. The van der Waals surface area contributed by atoms with Crippen LogP contribution in [0.5, 0.6) is 11.5 Å². The van der Waals surface area contributed by atoms with E-state index in [2.05, 4.69) is 0 Å². The third-order valence-electron chi connectivity index (χ3n) is 5.32. The van der Waals surface area contributed by atoms with Crippen molar-refractivity contribution in [2.24, 2.45) is 0 Å². The van der Waals surface area contributed by atoms with E-state index in [4.69, 9.17) is 4.42 Å². The van der Waals surface area contributed by atoms with Crippen LogP contribution in [-0.4, -0.2) is 10.2 Å². The highest BCUT2D eigenvalue weighted by atomic mass is 16.3. The van der Waals surface area contributed by atoms with Crippen molar-refractivity contribution in [1.82, 2.24) is 0 Å². The molecule has 0 bridgehead atoms. The van der Waals surface area contributed by atoms with Crippen LogP contribution in [0.15, 0.2) is 95.6 Å². The second-order valence-electron chi connectivity index (χ2n) is 6.89. The summed E-state index contributed by atoms with van der Waals surface area (Å²) in [7, 11) is 0. The Balaban J connectivity index is 1.86. The first-order chi connectivity index (χ1) is 13.7. The molecule has 136 valence electrons. The van der Waals surface area contributed by atoms with Crippen molar-refractivity contribution in [2.75, 3.05) is 0 Å². The van der Waals surface area contributed by atoms with Crippen molar-refractivity contribution in [3.63, 3.8) is 0 Å². The molecule has 0 spiro atoms. The Bertz CT molecular complexity index is 1200. The Morgan fingerprint density at radius 3 is 1.50 bits per heavy atom. The van der Waals surface area contributed by atoms with Gasteiger partial charge in [0.05, 0.1) is 12.2 Å². The molecule has 0 aliphatic heterocycles. The number of benzene rings is 4. The van der Waals surface area contributed by atoms with E-state index in [0.717, 1.165) is 38.4 Å². The zero-order valence-electron chi connectivity index (χ0n) is 15.0. The van der Waals surface area contributed by atoms with Gasteiger partial charge >= 0.3 is 0 Å². The zero-order chi connectivity index (χ0) is 19.1. The molecule has 2 N–H and O–H groups in total. The predicted octanol–water partition coefficient (Wildman–Crippen LogP) is 6.18. The summed E-state index contributed by atoms with van der Waals surface area (Å²) in [6.45, 7) is 0. The summed E-state index contributed by atoms with van der Waals surface area (Å²) in [5, 5.41) is 24.2. The van der Waals surface area contributed by atoms with Gasteiger partial charge < -0.3 is 14.6 Å². The molecule has 0 unspecified atom stereocenters. The number of phenolic OH excluding ortho intramolecular Hbond substituents is 2. The Labute approximate surface area is 162 Å². The average molecular weight is 366 g/mol. The fraction of sp³-hybridized carbons (Fsp3) is 0.0400. The summed E-state index contributed by atoms with van der Waals surface area (Å²) in [5.41, 5.74) is 2.08. The quantitative estimate of drug-likeness (QED) is 0.401. The van der Waals surface area contributed by atoms with Gasteiger partial charge in [0.2, 0.25) is 0 Å². The van der Waals surface area contributed by atoms with Gasteiger partial charge in [0.15, 0.2) is 0 Å². The molecule has 0 radical (unpaired) electrons. The third-order valence-corrected chi connectivity index (χ3v) is 5.32. The molecule has 3 nitrogen and oxygen atoms in total. The van der Waals surface area contributed by atoms with Crippen LogP contribution in [0.3, 0.4) is 0 Å². The predicted molar refractivity (Wildman–Crippen MR) is 111 cm³/mol. The highest BCUT2D eigenvalue weighted by Gasteiger charge is 2.24. The van der Waals surface area contributed by atoms with Crippen LogP contribution in [0.4, 0.5) is 0 Å². The minimum atomic E-state index is -0.175. The normalized spacial score (nSPS) is 11.5. The van der Waals surface area contributed by atoms with Crippen molar-refractivity contribution >= 4 is 21.5 Å². The highest BCUT2D eigenvalue weighted by Crippen LogP contribution is 2.42. The minimum Gasteiger partial charge on any atom is -0.507 e. The maximum atomic E-state index is 10.3. The number of phenols is 2. The maximum absolute atomic E-state index is 10.3. The van der Waals surface area contributed by atoms with E-state index in [1.165, 1.54) is 0 Å². The summed E-state index contributed by atoms with van der Waals surface area (Å²) in [5.74, 6) is 1.15. The lowest BCUT2D eigenvalue weighted by Gasteiger charge is -2.21. The van der Waals surface area contributed by atoms with Crippen LogP contribution in [0.1, 0.15) is 22.8 Å². The smallest absolute Gasteiger partial charge is 0.123 e. The number of fused-ring (bicyclic) bond motifs is 2. The largest absolute Gasteiger partial charge is 0.507 e. The molecule has 4 aromatic carbocycles. The van der Waals surface area contributed by atoms with Crippen LogP contribution in [0.2, 0.25) is 0 Å². The lowest BCUT2D eigenvalue weighted by atomic mass is 9.83. The molecule has 5 aromatic rings. The first-order valence-corrected chi connectivity index (χ1v) is 9.18. The summed E-state index contributed by atoms with van der Waals surface area (Å²) in [6, 6.07) is 26.9. The van der Waals surface area contributed by atoms with Crippen molar-refractivity contribution in [2.45, 2.75) is 5.92 Å². The molecule has 0 amide bonds. The second-order valence-corrected chi connectivity index (χ2v) is 6.89. The molecular weight excluding hydrogens is 348 g/mol. The molecule has 1 aromatic heterocycles. The van der Waals surface area contributed by atoms with E-state index in [9.17, 15) is 10.2 Å². The van der Waals surface area contributed by atoms with Gasteiger partial charge in [-0.2, -0.15) is 0 Å². The molecule has 0 aliphatic rings. The molecule has 28 heavy (non-hydrogen) atoms. The van der Waals surface area contributed by atoms with Gasteiger partial charge in [-0.15, -0.1) is 0 Å². The molecule has 1 heterocycles. The van der Waals surface area contributed by atoms with Crippen LogP contribution in [0.25, 0.3) is 21.5 Å². The van der Waals surface area contributed by atoms with Gasteiger partial charge in [0, 0.05) is 10.8 Å². The summed E-state index contributed by atoms with van der Waals surface area (Å²) in [6.07, 6.45) is 1.67. The summed E-state index contributed by atoms with van der Waals surface area (Å²) < 4.78 is 5.84. The minimum absolute atomic E-state index is 0.175. The van der Waals surface area contributed by atoms with Gasteiger partial charge in [0.1, 0.15) is 17.3 Å². The van der Waals surface area contributed by atoms with Crippen LogP contribution in [-0.2, 0) is 0 Å². The lowest BCUT2D eigenvalue weighted by Crippen LogP contribution is -2.04. The zero-order valence-corrected chi connectivity index (χ0v) is 15.0. The van der Waals surface area contributed by atoms with E-state index in [1.54, 1.807) is 18.4 Å². The van der Waals surface area contributed by atoms with Crippen molar-refractivity contribution in [3.8, 4) is 11.5 Å². The topological polar surface area (TPSA) is 53.6 Å². The van der Waals surface area contributed by atoms with E-state index in [-0.39, 0.29) is 17.4 Å². The molecular formula is C25H18O3. The number of rotatable bonds is 3. The number of aromatic hydroxyl groups is 2. The van der Waals surface area contributed by atoms with Crippen molar-refractivity contribution < 1.29 is 14.6 Å². The molecule has 3 heteroatoms. The Kier molecular flexibility index (Phi) is 3.80. The molecule has 0 fully saturated rings. The van der Waals surface area contributed by atoms with Gasteiger partial charge in [0.25, 0.3) is 0 Å². The summed E-state index contributed by atoms with van der Waals surface area (Å²) >= 11 is 0. The standard InChI is InChI=1S/C25H18O3/c26-22-13-11-20(16-6-1-3-8-18(16)22)25(24-10-5-15-28-24)21-12-14-23(27)19-9-4-2-7-17(19)21/h1-15,25-27H. The number of furan rings is 1. The maximum Gasteiger partial charge on any atom is 0.123 e. The van der Waals surface area contributed by atoms with Gasteiger partial charge in [-0.05, 0) is 46.2 Å². The fourth-order valence-electron chi connectivity index (χ4n) is 4.05. The van der Waals surface area contributed by atoms with Crippen molar-refractivity contribution in [1.29, 1.82) is 0 Å². The Hall–Kier alpha value is -3.72. The highest BCUT2D eigenvalue weighted by molar-refractivity contribution is 5.95. The van der Waals surface area contributed by atoms with Gasteiger partial charge in [-0.1, -0.05) is 60.7 Å². The molecule has 0 saturated heterocycles. The van der Waals surface area contributed by atoms with Crippen LogP contribution < -0.4 is 0 Å². The lowest BCUT2D eigenvalue weighted by molar-refractivity contribution is 0.480. The molecule has 0 aliphatic carbocycles. The molecule has 5 rings (SSSR count). The number of hydrogen-bond donors (Lipinski definition) is 2. The molecule has 0 atom stereocenters. The van der Waals surface area contributed by atoms with E-state index >= 15 is 0 Å². The number of hydrogen-bond acceptors (Lipinski definition) is 3. The van der Waals surface area contributed by atoms with Crippen LogP contribution >= 0.6 is 0 Å². The van der Waals surface area contributed by atoms with Crippen molar-refractivity contribution in [3.05, 3.63) is 108 Å². The third kappa shape index (κ3) is 2.52. The van der Waals surface area contributed by atoms with E-state index in [0.29, 0.717) is 0 Å². The van der Waals surface area contributed by atoms with E-state index < -0.39 is 0 Å². The van der Waals surface area contributed by atoms with Crippen LogP contribution in [0, 0.1) is 0 Å². The Morgan fingerprint density at radius 1 is 0.536 bits per heavy atom. The SMILES string of the molecule is Oc1ccc(C(c2ccco2)c2ccc(O)c3ccccc23)c2ccccc12. The summed E-state index contributed by atoms with van der Waals surface area (Å²) in [4.78, 5) is 0. The fourth-order valence-corrected chi connectivity index (χ4v) is 4.05. The average Bonchev–Trinajstić information content (AvgIpc) is 3.26. The van der Waals surface area contributed by atoms with Gasteiger partial charge in [-0.25, -0.2) is 0 Å². The Morgan fingerprint density at radius 2 is 1.04 bits per heavy atom. The van der Waals surface area contributed by atoms with E-state index in [1.807, 2.05) is 72.8 Å².